The highest BCUT2D eigenvalue weighted by Crippen LogP contribution is 2.11. The van der Waals surface area contributed by atoms with Gasteiger partial charge in [-0.15, -0.1) is 6.58 Å². The lowest BCUT2D eigenvalue weighted by Gasteiger charge is -2.35. The first-order chi connectivity index (χ1) is 11.0. The first kappa shape index (κ1) is 17.1. The minimum atomic E-state index is -0.521. The van der Waals surface area contributed by atoms with E-state index in [0.29, 0.717) is 38.3 Å². The van der Waals surface area contributed by atoms with Crippen LogP contribution in [0, 0.1) is 5.82 Å². The van der Waals surface area contributed by atoms with Gasteiger partial charge in [0.05, 0.1) is 6.61 Å². The number of hydrogen-bond acceptors (Lipinski definition) is 3. The van der Waals surface area contributed by atoms with Gasteiger partial charge in [0.2, 0.25) is 0 Å². The van der Waals surface area contributed by atoms with Gasteiger partial charge in [-0.05, 0) is 31.2 Å². The molecular formula is C17H21FN2O3. The molecule has 0 unspecified atom stereocenters. The minimum Gasteiger partial charge on any atom is -0.365 e. The van der Waals surface area contributed by atoms with E-state index in [0.717, 1.165) is 0 Å². The summed E-state index contributed by atoms with van der Waals surface area (Å²) >= 11 is 0. The number of rotatable bonds is 5. The van der Waals surface area contributed by atoms with Crippen LogP contribution in [0.5, 0.6) is 0 Å². The van der Waals surface area contributed by atoms with E-state index in [1.54, 1.807) is 22.8 Å². The Hall–Kier alpha value is -2.21. The second kappa shape index (κ2) is 7.87. The van der Waals surface area contributed by atoms with Gasteiger partial charge in [-0.2, -0.15) is 0 Å². The van der Waals surface area contributed by atoms with Crippen molar-refractivity contribution in [2.75, 3.05) is 32.8 Å². The summed E-state index contributed by atoms with van der Waals surface area (Å²) in [5.41, 5.74) is 0.453. The standard InChI is InChI=1S/C17H21FN2O3/c1-3-12-23-13(2)16(21)19-8-10-20(11-9-19)17(22)14-4-6-15(18)7-5-14/h3-7,13H,1,8-12H2,2H3/t13-/m1/s1. The molecule has 2 rings (SSSR count). The van der Waals surface area contributed by atoms with Crippen LogP contribution in [-0.2, 0) is 9.53 Å². The van der Waals surface area contributed by atoms with E-state index in [4.69, 9.17) is 4.74 Å². The molecule has 2 amide bonds. The van der Waals surface area contributed by atoms with E-state index in [-0.39, 0.29) is 17.6 Å². The summed E-state index contributed by atoms with van der Waals surface area (Å²) < 4.78 is 18.2. The first-order valence-electron chi connectivity index (χ1n) is 7.59. The molecule has 1 saturated heterocycles. The van der Waals surface area contributed by atoms with Crippen molar-refractivity contribution in [1.29, 1.82) is 0 Å². The predicted molar refractivity (Wildman–Crippen MR) is 84.5 cm³/mol. The fraction of sp³-hybridized carbons (Fsp3) is 0.412. The van der Waals surface area contributed by atoms with Gasteiger partial charge in [0.25, 0.3) is 11.8 Å². The fourth-order valence-corrected chi connectivity index (χ4v) is 2.45. The second-order valence-corrected chi connectivity index (χ2v) is 5.39. The Balaban J connectivity index is 1.88. The van der Waals surface area contributed by atoms with Gasteiger partial charge >= 0.3 is 0 Å². The van der Waals surface area contributed by atoms with Crippen LogP contribution in [0.2, 0.25) is 0 Å². The fourth-order valence-electron chi connectivity index (χ4n) is 2.45. The van der Waals surface area contributed by atoms with E-state index >= 15 is 0 Å². The second-order valence-electron chi connectivity index (χ2n) is 5.39. The zero-order valence-corrected chi connectivity index (χ0v) is 13.2. The molecule has 1 aliphatic heterocycles. The van der Waals surface area contributed by atoms with Crippen molar-refractivity contribution in [3.8, 4) is 0 Å². The molecule has 0 saturated carbocycles. The van der Waals surface area contributed by atoms with Crippen LogP contribution in [0.25, 0.3) is 0 Å². The Kier molecular flexibility index (Phi) is 5.87. The summed E-state index contributed by atoms with van der Waals surface area (Å²) in [6.45, 7) is 7.43. The van der Waals surface area contributed by atoms with Gasteiger partial charge in [-0.1, -0.05) is 6.08 Å². The third kappa shape index (κ3) is 4.39. The molecule has 0 aromatic heterocycles. The van der Waals surface area contributed by atoms with Crippen molar-refractivity contribution >= 4 is 11.8 Å². The monoisotopic (exact) mass is 320 g/mol. The summed E-state index contributed by atoms with van der Waals surface area (Å²) in [5, 5.41) is 0. The maximum atomic E-state index is 12.9. The highest BCUT2D eigenvalue weighted by Gasteiger charge is 2.27. The van der Waals surface area contributed by atoms with Crippen molar-refractivity contribution in [1.82, 2.24) is 9.80 Å². The first-order valence-corrected chi connectivity index (χ1v) is 7.59. The zero-order valence-electron chi connectivity index (χ0n) is 13.2. The van der Waals surface area contributed by atoms with Crippen LogP contribution in [0.1, 0.15) is 17.3 Å². The number of ether oxygens (including phenoxy) is 1. The Morgan fingerprint density at radius 3 is 2.35 bits per heavy atom. The molecule has 0 bridgehead atoms. The SMILES string of the molecule is C=CCO[C@H](C)C(=O)N1CCN(C(=O)c2ccc(F)cc2)CC1. The maximum absolute atomic E-state index is 12.9. The largest absolute Gasteiger partial charge is 0.365 e. The van der Waals surface area contributed by atoms with Gasteiger partial charge in [0.15, 0.2) is 0 Å². The molecular weight excluding hydrogens is 299 g/mol. The minimum absolute atomic E-state index is 0.0827. The van der Waals surface area contributed by atoms with Crippen LogP contribution in [0.4, 0.5) is 4.39 Å². The topological polar surface area (TPSA) is 49.9 Å². The molecule has 1 fully saturated rings. The average Bonchev–Trinajstić information content (AvgIpc) is 2.59. The molecule has 1 aromatic rings. The van der Waals surface area contributed by atoms with Crippen LogP contribution >= 0.6 is 0 Å². The summed E-state index contributed by atoms with van der Waals surface area (Å²) in [6.07, 6.45) is 1.08. The Labute approximate surface area is 135 Å². The van der Waals surface area contributed by atoms with Crippen LogP contribution in [0.15, 0.2) is 36.9 Å². The number of hydrogen-bond donors (Lipinski definition) is 0. The van der Waals surface area contributed by atoms with E-state index in [2.05, 4.69) is 6.58 Å². The molecule has 0 N–H and O–H groups in total. The lowest BCUT2D eigenvalue weighted by atomic mass is 10.1. The highest BCUT2D eigenvalue weighted by atomic mass is 19.1. The van der Waals surface area contributed by atoms with Crippen molar-refractivity contribution in [3.05, 3.63) is 48.3 Å². The Bertz CT molecular complexity index is 566. The summed E-state index contributed by atoms with van der Waals surface area (Å²) in [4.78, 5) is 27.9. The molecule has 124 valence electrons. The van der Waals surface area contributed by atoms with Crippen molar-refractivity contribution in [3.63, 3.8) is 0 Å². The lowest BCUT2D eigenvalue weighted by molar-refractivity contribution is -0.143. The van der Waals surface area contributed by atoms with Crippen molar-refractivity contribution < 1.29 is 18.7 Å². The van der Waals surface area contributed by atoms with E-state index in [9.17, 15) is 14.0 Å². The smallest absolute Gasteiger partial charge is 0.253 e. The average molecular weight is 320 g/mol. The number of halogens is 1. The Morgan fingerprint density at radius 1 is 1.22 bits per heavy atom. The summed E-state index contributed by atoms with van der Waals surface area (Å²) in [5.74, 6) is -0.598. The number of benzene rings is 1. The number of carbonyl (C=O) groups excluding carboxylic acids is 2. The van der Waals surface area contributed by atoms with Gasteiger partial charge in [0, 0.05) is 31.7 Å². The molecule has 5 nitrogen and oxygen atoms in total. The lowest BCUT2D eigenvalue weighted by Crippen LogP contribution is -2.52. The molecule has 1 aromatic carbocycles. The number of carbonyl (C=O) groups is 2. The molecule has 1 atom stereocenters. The van der Waals surface area contributed by atoms with Crippen molar-refractivity contribution in [2.45, 2.75) is 13.0 Å². The van der Waals surface area contributed by atoms with Crippen LogP contribution < -0.4 is 0 Å². The summed E-state index contributed by atoms with van der Waals surface area (Å²) in [6, 6.07) is 5.48. The maximum Gasteiger partial charge on any atom is 0.253 e. The van der Waals surface area contributed by atoms with E-state index in [1.807, 2.05) is 0 Å². The summed E-state index contributed by atoms with van der Waals surface area (Å²) in [7, 11) is 0. The molecule has 1 heterocycles. The molecule has 0 radical (unpaired) electrons. The highest BCUT2D eigenvalue weighted by molar-refractivity contribution is 5.94. The molecule has 1 aliphatic rings. The quantitative estimate of drug-likeness (QED) is 0.776. The van der Waals surface area contributed by atoms with Crippen molar-refractivity contribution in [2.24, 2.45) is 0 Å². The van der Waals surface area contributed by atoms with Gasteiger partial charge in [-0.3, -0.25) is 9.59 Å². The number of nitrogens with zero attached hydrogens (tertiary/aromatic N) is 2. The van der Waals surface area contributed by atoms with Gasteiger partial charge < -0.3 is 14.5 Å². The zero-order chi connectivity index (χ0) is 16.8. The normalized spacial score (nSPS) is 16.1. The van der Waals surface area contributed by atoms with Gasteiger partial charge in [0.1, 0.15) is 11.9 Å². The van der Waals surface area contributed by atoms with Crippen LogP contribution in [0.3, 0.4) is 0 Å². The van der Waals surface area contributed by atoms with Gasteiger partial charge in [-0.25, -0.2) is 4.39 Å². The number of amides is 2. The number of piperazine rings is 1. The molecule has 6 heteroatoms. The molecule has 0 spiro atoms. The Morgan fingerprint density at radius 2 is 1.78 bits per heavy atom. The van der Waals surface area contributed by atoms with E-state index in [1.165, 1.54) is 24.3 Å². The van der Waals surface area contributed by atoms with E-state index < -0.39 is 6.10 Å². The third-order valence-electron chi connectivity index (χ3n) is 3.78. The third-order valence-corrected chi connectivity index (χ3v) is 3.78. The molecule has 0 aliphatic carbocycles. The molecule has 23 heavy (non-hydrogen) atoms. The predicted octanol–water partition coefficient (Wildman–Crippen LogP) is 1.70. The van der Waals surface area contributed by atoms with Crippen LogP contribution in [-0.4, -0.2) is 60.5 Å².